The third kappa shape index (κ3) is 3.57. The predicted molar refractivity (Wildman–Crippen MR) is 62.3 cm³/mol. The summed E-state index contributed by atoms with van der Waals surface area (Å²) in [5, 5.41) is 4.96. The molecule has 0 aliphatic carbocycles. The zero-order valence-corrected chi connectivity index (χ0v) is 9.28. The summed E-state index contributed by atoms with van der Waals surface area (Å²) in [5.41, 5.74) is 1.09. The van der Waals surface area contributed by atoms with Crippen LogP contribution in [0.2, 0.25) is 0 Å². The number of carbonyl (C=O) groups is 2. The van der Waals surface area contributed by atoms with Crippen LogP contribution in [0.3, 0.4) is 0 Å². The number of rotatable bonds is 3. The molecule has 4 heteroatoms. The number of carbonyl (C=O) groups excluding carboxylic acids is 2. The number of hydrogen-bond acceptors (Lipinski definition) is 2. The van der Waals surface area contributed by atoms with Crippen molar-refractivity contribution >= 4 is 17.9 Å². The molecule has 1 rings (SSSR count). The van der Waals surface area contributed by atoms with Crippen LogP contribution in [-0.2, 0) is 9.59 Å². The van der Waals surface area contributed by atoms with Crippen molar-refractivity contribution in [1.82, 2.24) is 10.6 Å². The fourth-order valence-corrected chi connectivity index (χ4v) is 1.20. The van der Waals surface area contributed by atoms with Crippen LogP contribution >= 0.6 is 0 Å². The lowest BCUT2D eigenvalue weighted by Crippen LogP contribution is -2.31. The molecule has 16 heavy (non-hydrogen) atoms. The van der Waals surface area contributed by atoms with E-state index in [1.807, 2.05) is 30.3 Å². The zero-order chi connectivity index (χ0) is 12.0. The van der Waals surface area contributed by atoms with Gasteiger partial charge in [-0.05, 0) is 11.6 Å². The molecule has 0 atom stereocenters. The molecule has 0 radical (unpaired) electrons. The zero-order valence-electron chi connectivity index (χ0n) is 9.28. The lowest BCUT2D eigenvalue weighted by molar-refractivity contribution is -0.122. The van der Waals surface area contributed by atoms with Gasteiger partial charge in [0.25, 0.3) is 5.91 Å². The summed E-state index contributed by atoms with van der Waals surface area (Å²) >= 11 is 0. The maximum Gasteiger partial charge on any atom is 0.267 e. The lowest BCUT2D eigenvalue weighted by Gasteiger charge is -2.06. The summed E-state index contributed by atoms with van der Waals surface area (Å²) in [6, 6.07) is 9.31. The van der Waals surface area contributed by atoms with Gasteiger partial charge in [-0.15, -0.1) is 0 Å². The van der Waals surface area contributed by atoms with Gasteiger partial charge in [0.15, 0.2) is 0 Å². The van der Waals surface area contributed by atoms with E-state index in [1.54, 1.807) is 6.08 Å². The summed E-state index contributed by atoms with van der Waals surface area (Å²) in [5.74, 6) is -0.593. The van der Waals surface area contributed by atoms with Crippen LogP contribution in [0.4, 0.5) is 0 Å². The minimum atomic E-state index is -0.320. The molecule has 0 fully saturated rings. The average molecular weight is 218 g/mol. The molecule has 0 heterocycles. The topological polar surface area (TPSA) is 58.2 Å². The number of hydrogen-bond donors (Lipinski definition) is 2. The average Bonchev–Trinajstić information content (AvgIpc) is 2.28. The fraction of sp³-hybridized carbons (Fsp3) is 0.167. The Morgan fingerprint density at radius 1 is 1.19 bits per heavy atom. The predicted octanol–water partition coefficient (Wildman–Crippen LogP) is 0.910. The summed E-state index contributed by atoms with van der Waals surface area (Å²) in [6.07, 6.45) is 1.63. The van der Waals surface area contributed by atoms with Gasteiger partial charge >= 0.3 is 0 Å². The van der Waals surface area contributed by atoms with Crippen molar-refractivity contribution in [3.8, 4) is 0 Å². The van der Waals surface area contributed by atoms with E-state index in [2.05, 4.69) is 10.6 Å². The minimum absolute atomic E-state index is 0.237. The Labute approximate surface area is 94.4 Å². The summed E-state index contributed by atoms with van der Waals surface area (Å²) in [7, 11) is 1.52. The van der Waals surface area contributed by atoms with E-state index in [0.717, 1.165) is 5.56 Å². The Balaban J connectivity index is 2.96. The second-order valence-electron chi connectivity index (χ2n) is 3.23. The molecular weight excluding hydrogens is 204 g/mol. The highest BCUT2D eigenvalue weighted by atomic mass is 16.2. The Morgan fingerprint density at radius 2 is 1.81 bits per heavy atom. The van der Waals surface area contributed by atoms with Crippen molar-refractivity contribution in [2.45, 2.75) is 6.92 Å². The Morgan fingerprint density at radius 3 is 2.31 bits per heavy atom. The first-order valence-corrected chi connectivity index (χ1v) is 4.90. The summed E-state index contributed by atoms with van der Waals surface area (Å²) in [4.78, 5) is 22.4. The second kappa shape index (κ2) is 5.70. The summed E-state index contributed by atoms with van der Waals surface area (Å²) in [6.45, 7) is 1.36. The number of likely N-dealkylation sites (N-methyl/N-ethyl adjacent to an activating group) is 1. The normalized spacial score (nSPS) is 10.8. The Bertz CT molecular complexity index is 410. The number of nitrogens with one attached hydrogen (secondary N) is 2. The van der Waals surface area contributed by atoms with Crippen LogP contribution in [0, 0.1) is 0 Å². The van der Waals surface area contributed by atoms with Crippen LogP contribution in [-0.4, -0.2) is 18.9 Å². The van der Waals surface area contributed by atoms with Crippen LogP contribution in [0.15, 0.2) is 36.0 Å². The van der Waals surface area contributed by atoms with Crippen molar-refractivity contribution in [2.24, 2.45) is 0 Å². The van der Waals surface area contributed by atoms with Crippen molar-refractivity contribution < 1.29 is 9.59 Å². The molecule has 0 aromatic heterocycles. The first kappa shape index (κ1) is 12.0. The van der Waals surface area contributed by atoms with E-state index >= 15 is 0 Å². The number of amides is 2. The third-order valence-electron chi connectivity index (χ3n) is 1.89. The van der Waals surface area contributed by atoms with Gasteiger partial charge in [0.2, 0.25) is 5.91 Å². The molecule has 2 amide bonds. The van der Waals surface area contributed by atoms with E-state index in [9.17, 15) is 9.59 Å². The van der Waals surface area contributed by atoms with Crippen molar-refractivity contribution in [3.05, 3.63) is 41.6 Å². The molecule has 0 spiro atoms. The lowest BCUT2D eigenvalue weighted by atomic mass is 10.2. The highest BCUT2D eigenvalue weighted by Gasteiger charge is 2.08. The van der Waals surface area contributed by atoms with Crippen LogP contribution < -0.4 is 10.6 Å². The fourth-order valence-electron chi connectivity index (χ4n) is 1.20. The molecule has 1 aromatic carbocycles. The molecular formula is C12H14N2O2. The molecule has 4 nitrogen and oxygen atoms in total. The van der Waals surface area contributed by atoms with Gasteiger partial charge in [-0.2, -0.15) is 0 Å². The number of benzene rings is 1. The van der Waals surface area contributed by atoms with Crippen LogP contribution in [0.25, 0.3) is 6.08 Å². The Kier molecular flexibility index (Phi) is 4.27. The van der Waals surface area contributed by atoms with Gasteiger partial charge in [-0.25, -0.2) is 0 Å². The van der Waals surface area contributed by atoms with Gasteiger partial charge < -0.3 is 10.6 Å². The smallest absolute Gasteiger partial charge is 0.267 e. The monoisotopic (exact) mass is 218 g/mol. The van der Waals surface area contributed by atoms with Crippen molar-refractivity contribution in [1.29, 1.82) is 0 Å². The highest BCUT2D eigenvalue weighted by Crippen LogP contribution is 2.04. The first-order chi connectivity index (χ1) is 7.63. The highest BCUT2D eigenvalue weighted by molar-refractivity contribution is 6.00. The molecule has 2 N–H and O–H groups in total. The van der Waals surface area contributed by atoms with E-state index in [1.165, 1.54) is 14.0 Å². The summed E-state index contributed by atoms with van der Waals surface area (Å²) < 4.78 is 0. The van der Waals surface area contributed by atoms with Gasteiger partial charge in [0, 0.05) is 14.0 Å². The van der Waals surface area contributed by atoms with E-state index in [-0.39, 0.29) is 17.5 Å². The molecule has 0 saturated heterocycles. The van der Waals surface area contributed by atoms with Crippen LogP contribution in [0.1, 0.15) is 12.5 Å². The molecule has 0 bridgehead atoms. The molecule has 84 valence electrons. The standard InChI is InChI=1S/C12H14N2O2/c1-9(15)14-11(12(16)13-2)8-10-6-4-3-5-7-10/h3-8H,1-2H3,(H,13,16)(H,14,15)/b11-8-. The van der Waals surface area contributed by atoms with Crippen molar-refractivity contribution in [3.63, 3.8) is 0 Å². The quantitative estimate of drug-likeness (QED) is 0.741. The van der Waals surface area contributed by atoms with Gasteiger partial charge in [-0.3, -0.25) is 9.59 Å². The van der Waals surface area contributed by atoms with E-state index in [0.29, 0.717) is 0 Å². The molecule has 1 aromatic rings. The SMILES string of the molecule is CNC(=O)/C(=C/c1ccccc1)NC(C)=O. The molecule has 0 aliphatic heterocycles. The Hall–Kier alpha value is -2.10. The van der Waals surface area contributed by atoms with Gasteiger partial charge in [0.05, 0.1) is 0 Å². The minimum Gasteiger partial charge on any atom is -0.354 e. The largest absolute Gasteiger partial charge is 0.354 e. The molecule has 0 saturated carbocycles. The van der Waals surface area contributed by atoms with E-state index in [4.69, 9.17) is 0 Å². The maximum absolute atomic E-state index is 11.5. The molecule has 0 aliphatic rings. The van der Waals surface area contributed by atoms with Gasteiger partial charge in [0.1, 0.15) is 5.70 Å². The maximum atomic E-state index is 11.5. The van der Waals surface area contributed by atoms with E-state index < -0.39 is 0 Å². The van der Waals surface area contributed by atoms with Crippen molar-refractivity contribution in [2.75, 3.05) is 7.05 Å². The third-order valence-corrected chi connectivity index (χ3v) is 1.89. The first-order valence-electron chi connectivity index (χ1n) is 4.90. The second-order valence-corrected chi connectivity index (χ2v) is 3.23. The van der Waals surface area contributed by atoms with Gasteiger partial charge in [-0.1, -0.05) is 30.3 Å². The molecule has 0 unspecified atom stereocenters. The van der Waals surface area contributed by atoms with Crippen LogP contribution in [0.5, 0.6) is 0 Å².